The van der Waals surface area contributed by atoms with Crippen LogP contribution in [0, 0.1) is 11.3 Å². The van der Waals surface area contributed by atoms with Gasteiger partial charge in [0, 0.05) is 32.2 Å². The van der Waals surface area contributed by atoms with E-state index in [1.807, 2.05) is 12.1 Å². The lowest BCUT2D eigenvalue weighted by Gasteiger charge is -2.53. The average molecular weight is 402 g/mol. The Hall–Kier alpha value is -1.63. The van der Waals surface area contributed by atoms with Crippen molar-refractivity contribution in [3.63, 3.8) is 0 Å². The molecule has 3 atom stereocenters. The minimum absolute atomic E-state index is 0.199. The van der Waals surface area contributed by atoms with Crippen LogP contribution in [0.3, 0.4) is 0 Å². The lowest BCUT2D eigenvalue weighted by molar-refractivity contribution is -0.145. The Morgan fingerprint density at radius 3 is 2.86 bits per heavy atom. The fourth-order valence-corrected chi connectivity index (χ4v) is 5.66. The van der Waals surface area contributed by atoms with Crippen LogP contribution in [0.15, 0.2) is 24.3 Å². The number of benzene rings is 1. The Balaban J connectivity index is 1.46. The van der Waals surface area contributed by atoms with Crippen molar-refractivity contribution in [2.24, 2.45) is 11.3 Å². The van der Waals surface area contributed by atoms with E-state index in [0.717, 1.165) is 77.2 Å². The highest BCUT2D eigenvalue weighted by Crippen LogP contribution is 2.47. The van der Waals surface area contributed by atoms with Gasteiger partial charge in [-0.1, -0.05) is 19.1 Å². The fourth-order valence-electron chi connectivity index (χ4n) is 5.66. The third kappa shape index (κ3) is 4.44. The van der Waals surface area contributed by atoms with Gasteiger partial charge in [-0.05, 0) is 62.4 Å². The molecule has 2 aliphatic heterocycles. The molecular weight excluding hydrogens is 366 g/mol. The van der Waals surface area contributed by atoms with Crippen LogP contribution in [-0.2, 0) is 16.1 Å². The van der Waals surface area contributed by atoms with E-state index in [9.17, 15) is 9.90 Å². The summed E-state index contributed by atoms with van der Waals surface area (Å²) in [4.78, 5) is 18.6. The number of ether oxygens (including phenoxy) is 1. The maximum atomic E-state index is 13.5. The lowest BCUT2D eigenvalue weighted by atomic mass is 9.61. The van der Waals surface area contributed by atoms with Crippen molar-refractivity contribution in [2.45, 2.75) is 45.2 Å². The first-order chi connectivity index (χ1) is 14.1. The van der Waals surface area contributed by atoms with Gasteiger partial charge in [0.05, 0.1) is 18.6 Å². The van der Waals surface area contributed by atoms with Gasteiger partial charge in [-0.25, -0.2) is 0 Å². The van der Waals surface area contributed by atoms with Gasteiger partial charge in [0.1, 0.15) is 5.75 Å². The number of phenolic OH excluding ortho intramolecular Hbond substituents is 1. The SMILES string of the molecule is CCN1CC[C@@H]2CC(N3CCOCC3)CC[C@@]2(C(=O)NCc2cccc(O)c2)C1. The second-order valence-corrected chi connectivity index (χ2v) is 8.94. The minimum atomic E-state index is -0.284. The van der Waals surface area contributed by atoms with E-state index in [1.54, 1.807) is 12.1 Å². The molecule has 6 nitrogen and oxygen atoms in total. The van der Waals surface area contributed by atoms with Gasteiger partial charge in [-0.2, -0.15) is 0 Å². The van der Waals surface area contributed by atoms with Crippen LogP contribution < -0.4 is 5.32 Å². The number of carbonyl (C=O) groups is 1. The molecule has 1 aromatic rings. The predicted octanol–water partition coefficient (Wildman–Crippen LogP) is 2.22. The first-order valence-corrected chi connectivity index (χ1v) is 11.2. The Labute approximate surface area is 174 Å². The summed E-state index contributed by atoms with van der Waals surface area (Å²) in [5.74, 6) is 0.883. The normalized spacial score (nSPS) is 31.2. The van der Waals surface area contributed by atoms with E-state index in [4.69, 9.17) is 4.74 Å². The number of hydrogen-bond donors (Lipinski definition) is 2. The third-order valence-corrected chi connectivity index (χ3v) is 7.39. The molecule has 2 saturated heterocycles. The number of nitrogens with one attached hydrogen (secondary N) is 1. The minimum Gasteiger partial charge on any atom is -0.508 e. The number of likely N-dealkylation sites (tertiary alicyclic amines) is 1. The van der Waals surface area contributed by atoms with E-state index in [1.165, 1.54) is 0 Å². The van der Waals surface area contributed by atoms with E-state index >= 15 is 0 Å². The molecular formula is C23H35N3O3. The molecule has 4 rings (SSSR count). The summed E-state index contributed by atoms with van der Waals surface area (Å²) in [5.41, 5.74) is 0.657. The quantitative estimate of drug-likeness (QED) is 0.792. The van der Waals surface area contributed by atoms with Gasteiger partial charge in [-0.3, -0.25) is 9.69 Å². The van der Waals surface area contributed by atoms with Crippen LogP contribution in [0.2, 0.25) is 0 Å². The molecule has 29 heavy (non-hydrogen) atoms. The summed E-state index contributed by atoms with van der Waals surface area (Å²) in [5, 5.41) is 12.9. The van der Waals surface area contributed by atoms with Gasteiger partial charge in [0.15, 0.2) is 0 Å². The molecule has 3 aliphatic rings. The number of hydrogen-bond acceptors (Lipinski definition) is 5. The molecule has 1 aromatic carbocycles. The van der Waals surface area contributed by atoms with Gasteiger partial charge >= 0.3 is 0 Å². The summed E-state index contributed by atoms with van der Waals surface area (Å²) in [7, 11) is 0. The van der Waals surface area contributed by atoms with Crippen LogP contribution in [-0.4, -0.2) is 72.8 Å². The molecule has 6 heteroatoms. The number of morpholine rings is 1. The van der Waals surface area contributed by atoms with Gasteiger partial charge in [0.25, 0.3) is 0 Å². The summed E-state index contributed by atoms with van der Waals surface area (Å²) in [6, 6.07) is 7.75. The van der Waals surface area contributed by atoms with Crippen molar-refractivity contribution in [2.75, 3.05) is 45.9 Å². The molecule has 0 radical (unpaired) electrons. The Kier molecular flexibility index (Phi) is 6.42. The Morgan fingerprint density at radius 2 is 2.10 bits per heavy atom. The molecule has 1 saturated carbocycles. The van der Waals surface area contributed by atoms with Crippen molar-refractivity contribution in [1.29, 1.82) is 0 Å². The van der Waals surface area contributed by atoms with E-state index in [0.29, 0.717) is 18.5 Å². The van der Waals surface area contributed by atoms with Crippen molar-refractivity contribution in [3.05, 3.63) is 29.8 Å². The monoisotopic (exact) mass is 401 g/mol. The fraction of sp³-hybridized carbons (Fsp3) is 0.696. The number of amides is 1. The number of phenols is 1. The number of rotatable bonds is 5. The highest BCUT2D eigenvalue weighted by atomic mass is 16.5. The summed E-state index contributed by atoms with van der Waals surface area (Å²) < 4.78 is 5.54. The number of piperidine rings is 1. The highest BCUT2D eigenvalue weighted by Gasteiger charge is 2.52. The van der Waals surface area contributed by atoms with E-state index < -0.39 is 0 Å². The molecule has 2 heterocycles. The zero-order valence-corrected chi connectivity index (χ0v) is 17.6. The van der Waals surface area contributed by atoms with Crippen LogP contribution in [0.5, 0.6) is 5.75 Å². The molecule has 1 unspecified atom stereocenters. The van der Waals surface area contributed by atoms with Crippen molar-refractivity contribution in [3.8, 4) is 5.75 Å². The number of fused-ring (bicyclic) bond motifs is 1. The lowest BCUT2D eigenvalue weighted by Crippen LogP contribution is -2.60. The topological polar surface area (TPSA) is 65.0 Å². The van der Waals surface area contributed by atoms with Crippen LogP contribution in [0.4, 0.5) is 0 Å². The largest absolute Gasteiger partial charge is 0.508 e. The molecule has 1 amide bonds. The van der Waals surface area contributed by atoms with Crippen molar-refractivity contribution >= 4 is 5.91 Å². The Morgan fingerprint density at radius 1 is 1.28 bits per heavy atom. The number of carbonyl (C=O) groups excluding carboxylic acids is 1. The van der Waals surface area contributed by atoms with E-state index in [2.05, 4.69) is 22.0 Å². The molecule has 0 bridgehead atoms. The first-order valence-electron chi connectivity index (χ1n) is 11.2. The van der Waals surface area contributed by atoms with E-state index in [-0.39, 0.29) is 17.1 Å². The summed E-state index contributed by atoms with van der Waals surface area (Å²) in [6.45, 7) is 9.35. The third-order valence-electron chi connectivity index (χ3n) is 7.39. The second kappa shape index (κ2) is 9.02. The molecule has 2 N–H and O–H groups in total. The average Bonchev–Trinajstić information content (AvgIpc) is 2.77. The van der Waals surface area contributed by atoms with Gasteiger partial charge in [0.2, 0.25) is 5.91 Å². The van der Waals surface area contributed by atoms with Crippen LogP contribution in [0.1, 0.15) is 38.2 Å². The summed E-state index contributed by atoms with van der Waals surface area (Å²) in [6.07, 6.45) is 4.28. The van der Waals surface area contributed by atoms with Crippen LogP contribution >= 0.6 is 0 Å². The predicted molar refractivity (Wildman–Crippen MR) is 113 cm³/mol. The zero-order valence-electron chi connectivity index (χ0n) is 17.6. The van der Waals surface area contributed by atoms with Crippen molar-refractivity contribution < 1.29 is 14.6 Å². The molecule has 160 valence electrons. The molecule has 0 aromatic heterocycles. The maximum Gasteiger partial charge on any atom is 0.228 e. The second-order valence-electron chi connectivity index (χ2n) is 8.94. The number of nitrogens with zero attached hydrogens (tertiary/aromatic N) is 2. The van der Waals surface area contributed by atoms with Gasteiger partial charge in [-0.15, -0.1) is 0 Å². The maximum absolute atomic E-state index is 13.5. The first kappa shape index (κ1) is 20.6. The van der Waals surface area contributed by atoms with Crippen LogP contribution in [0.25, 0.3) is 0 Å². The number of aromatic hydroxyl groups is 1. The Bertz CT molecular complexity index is 706. The molecule has 3 fully saturated rings. The smallest absolute Gasteiger partial charge is 0.228 e. The summed E-state index contributed by atoms with van der Waals surface area (Å²) >= 11 is 0. The molecule has 0 spiro atoms. The zero-order chi connectivity index (χ0) is 20.3. The standard InChI is InChI=1S/C23H35N3O3/c1-2-25-9-7-19-15-20(26-10-12-29-13-11-26)6-8-23(19,17-25)22(28)24-16-18-4-3-5-21(27)14-18/h3-5,14,19-20,27H,2,6-13,15-17H2,1H3,(H,24,28)/t19-,20?,23-/m1/s1. The van der Waals surface area contributed by atoms with Crippen molar-refractivity contribution in [1.82, 2.24) is 15.1 Å². The van der Waals surface area contributed by atoms with Gasteiger partial charge < -0.3 is 20.1 Å². The highest BCUT2D eigenvalue weighted by molar-refractivity contribution is 5.83. The molecule has 1 aliphatic carbocycles.